The van der Waals surface area contributed by atoms with Crippen LogP contribution in [0.5, 0.6) is 0 Å². The number of carbonyl (C=O) groups excluding carboxylic acids is 1. The van der Waals surface area contributed by atoms with Crippen LogP contribution in [0, 0.1) is 5.82 Å². The van der Waals surface area contributed by atoms with Crippen LogP contribution in [0.4, 0.5) is 20.6 Å². The lowest BCUT2D eigenvalue weighted by Crippen LogP contribution is -2.50. The molecule has 1 aliphatic carbocycles. The molecule has 160 valence electrons. The van der Waals surface area contributed by atoms with Crippen molar-refractivity contribution >= 4 is 17.4 Å². The Morgan fingerprint density at radius 2 is 1.86 bits per heavy atom. The largest absolute Gasteiger partial charge is 0.391 e. The smallest absolute Gasteiger partial charge is 0.319 e. The number of hydrogen-bond acceptors (Lipinski definition) is 5. The van der Waals surface area contributed by atoms with Crippen molar-refractivity contribution in [3.8, 4) is 0 Å². The first-order chi connectivity index (χ1) is 14.1. The predicted molar refractivity (Wildman–Crippen MR) is 110 cm³/mol. The summed E-state index contributed by atoms with van der Waals surface area (Å²) in [5.41, 5.74) is 0.990. The monoisotopic (exact) mass is 406 g/mol. The molecule has 2 aliphatic heterocycles. The molecule has 2 unspecified atom stereocenters. The lowest BCUT2D eigenvalue weighted by Gasteiger charge is -2.37. The Hall–Kier alpha value is -1.90. The first-order valence-corrected chi connectivity index (χ1v) is 10.7. The van der Waals surface area contributed by atoms with Gasteiger partial charge in [-0.1, -0.05) is 0 Å². The fourth-order valence-corrected chi connectivity index (χ4v) is 4.72. The number of benzene rings is 1. The Kier molecular flexibility index (Phi) is 6.52. The fraction of sp³-hybridized carbons (Fsp3) is 0.667. The predicted octanol–water partition coefficient (Wildman–Crippen LogP) is 2.16. The van der Waals surface area contributed by atoms with Crippen molar-refractivity contribution in [2.75, 3.05) is 49.6 Å². The Balaban J connectivity index is 1.25. The summed E-state index contributed by atoms with van der Waals surface area (Å²) in [5, 5.41) is 15.8. The molecule has 3 N–H and O–H groups in total. The van der Waals surface area contributed by atoms with Crippen molar-refractivity contribution in [1.29, 1.82) is 0 Å². The zero-order valence-electron chi connectivity index (χ0n) is 16.8. The van der Waals surface area contributed by atoms with Gasteiger partial charge in [0.05, 0.1) is 25.0 Å². The van der Waals surface area contributed by atoms with Gasteiger partial charge in [0.1, 0.15) is 5.82 Å². The first-order valence-electron chi connectivity index (χ1n) is 10.7. The van der Waals surface area contributed by atoms with Gasteiger partial charge in [0.2, 0.25) is 0 Å². The molecule has 3 fully saturated rings. The number of nitrogens with zero attached hydrogens (tertiary/aromatic N) is 2. The molecule has 0 spiro atoms. The molecular formula is C21H31FN4O3. The second-order valence-electron chi connectivity index (χ2n) is 8.24. The summed E-state index contributed by atoms with van der Waals surface area (Å²) in [7, 11) is 0. The molecule has 2 amide bonds. The summed E-state index contributed by atoms with van der Waals surface area (Å²) in [6, 6.07) is 4.89. The minimum absolute atomic E-state index is 0.0993. The zero-order chi connectivity index (χ0) is 20.2. The molecule has 29 heavy (non-hydrogen) atoms. The molecule has 4 rings (SSSR count). The molecular weight excluding hydrogens is 375 g/mol. The third kappa shape index (κ3) is 4.99. The highest BCUT2D eigenvalue weighted by atomic mass is 19.1. The van der Waals surface area contributed by atoms with Crippen LogP contribution < -0.4 is 15.5 Å². The number of urea groups is 1. The third-order valence-corrected chi connectivity index (χ3v) is 6.34. The van der Waals surface area contributed by atoms with E-state index in [2.05, 4.69) is 15.5 Å². The number of anilines is 2. The summed E-state index contributed by atoms with van der Waals surface area (Å²) in [6.45, 7) is 4.30. The first kappa shape index (κ1) is 20.4. The van der Waals surface area contributed by atoms with Crippen LogP contribution in [0.15, 0.2) is 18.2 Å². The quantitative estimate of drug-likeness (QED) is 0.714. The molecule has 0 radical (unpaired) electrons. The summed E-state index contributed by atoms with van der Waals surface area (Å²) in [5.74, 6) is -0.340. The van der Waals surface area contributed by atoms with Gasteiger partial charge >= 0.3 is 6.03 Å². The molecule has 2 saturated heterocycles. The van der Waals surface area contributed by atoms with Gasteiger partial charge in [-0.2, -0.15) is 0 Å². The van der Waals surface area contributed by atoms with Gasteiger partial charge in [-0.15, -0.1) is 0 Å². The molecule has 1 aromatic rings. The van der Waals surface area contributed by atoms with E-state index >= 15 is 0 Å². The highest BCUT2D eigenvalue weighted by Crippen LogP contribution is 2.27. The standard InChI is InChI=1S/C21H31FN4O3/c22-17-14-16(4-5-18(17)26-10-12-29-13-11-26)24-21(28)23-15-6-8-25(9-7-15)19-2-1-3-20(19)27/h4-5,14-15,19-20,27H,1-3,6-13H2,(H2,23,24,28). The number of carbonyl (C=O) groups is 1. The molecule has 0 aromatic heterocycles. The molecule has 8 heteroatoms. The second kappa shape index (κ2) is 9.28. The van der Waals surface area contributed by atoms with Crippen molar-refractivity contribution in [3.05, 3.63) is 24.0 Å². The number of morpholine rings is 1. The molecule has 3 aliphatic rings. The second-order valence-corrected chi connectivity index (χ2v) is 8.24. The summed E-state index contributed by atoms with van der Waals surface area (Å²) >= 11 is 0. The number of nitrogens with one attached hydrogen (secondary N) is 2. The fourth-order valence-electron chi connectivity index (χ4n) is 4.72. The average molecular weight is 407 g/mol. The number of piperidine rings is 1. The summed E-state index contributed by atoms with van der Waals surface area (Å²) in [4.78, 5) is 16.7. The molecule has 2 heterocycles. The topological polar surface area (TPSA) is 77.1 Å². The Morgan fingerprint density at radius 3 is 2.52 bits per heavy atom. The van der Waals surface area contributed by atoms with Crippen LogP contribution in [0.25, 0.3) is 0 Å². The maximum Gasteiger partial charge on any atom is 0.319 e. The van der Waals surface area contributed by atoms with Gasteiger partial charge in [0, 0.05) is 44.0 Å². The number of likely N-dealkylation sites (tertiary alicyclic amines) is 1. The Labute approximate surface area is 171 Å². The van der Waals surface area contributed by atoms with E-state index < -0.39 is 0 Å². The van der Waals surface area contributed by atoms with Crippen molar-refractivity contribution in [1.82, 2.24) is 10.2 Å². The SMILES string of the molecule is O=C(Nc1ccc(N2CCOCC2)c(F)c1)NC1CCN(C2CCCC2O)CC1. The van der Waals surface area contributed by atoms with E-state index in [4.69, 9.17) is 4.74 Å². The van der Waals surface area contributed by atoms with Crippen LogP contribution in [-0.4, -0.2) is 73.6 Å². The number of ether oxygens (including phenoxy) is 1. The molecule has 1 saturated carbocycles. The van der Waals surface area contributed by atoms with Crippen molar-refractivity contribution in [3.63, 3.8) is 0 Å². The van der Waals surface area contributed by atoms with E-state index in [1.54, 1.807) is 12.1 Å². The van der Waals surface area contributed by atoms with Crippen molar-refractivity contribution in [2.45, 2.75) is 50.3 Å². The number of rotatable bonds is 4. The van der Waals surface area contributed by atoms with Crippen LogP contribution in [0.2, 0.25) is 0 Å². The number of aliphatic hydroxyl groups is 1. The van der Waals surface area contributed by atoms with Gasteiger partial charge in [0.15, 0.2) is 0 Å². The normalized spacial score (nSPS) is 26.5. The number of halogens is 1. The van der Waals surface area contributed by atoms with Gasteiger partial charge in [0.25, 0.3) is 0 Å². The molecule has 2 atom stereocenters. The summed E-state index contributed by atoms with van der Waals surface area (Å²) in [6.07, 6.45) is 4.56. The maximum absolute atomic E-state index is 14.5. The van der Waals surface area contributed by atoms with Crippen LogP contribution in [0.1, 0.15) is 32.1 Å². The Bertz CT molecular complexity index is 705. The number of hydrogen-bond donors (Lipinski definition) is 3. The van der Waals surface area contributed by atoms with Crippen LogP contribution >= 0.6 is 0 Å². The van der Waals surface area contributed by atoms with Gasteiger partial charge in [-0.05, 0) is 50.3 Å². The lowest BCUT2D eigenvalue weighted by atomic mass is 10.0. The average Bonchev–Trinajstić information content (AvgIpc) is 3.15. The van der Waals surface area contributed by atoms with Gasteiger partial charge in [-0.25, -0.2) is 9.18 Å². The minimum Gasteiger partial charge on any atom is -0.391 e. The lowest BCUT2D eigenvalue weighted by molar-refractivity contribution is 0.0537. The molecule has 7 nitrogen and oxygen atoms in total. The van der Waals surface area contributed by atoms with Gasteiger partial charge in [-0.3, -0.25) is 4.90 Å². The molecule has 0 bridgehead atoms. The van der Waals surface area contributed by atoms with E-state index in [1.165, 1.54) is 6.07 Å². The highest BCUT2D eigenvalue weighted by molar-refractivity contribution is 5.89. The van der Waals surface area contributed by atoms with Crippen molar-refractivity contribution in [2.24, 2.45) is 0 Å². The highest BCUT2D eigenvalue weighted by Gasteiger charge is 2.33. The van der Waals surface area contributed by atoms with E-state index in [-0.39, 0.29) is 30.0 Å². The van der Waals surface area contributed by atoms with Crippen molar-refractivity contribution < 1.29 is 19.0 Å². The van der Waals surface area contributed by atoms with E-state index in [0.717, 1.165) is 45.2 Å². The van der Waals surface area contributed by atoms with Crippen LogP contribution in [0.3, 0.4) is 0 Å². The molecule has 1 aromatic carbocycles. The number of amides is 2. The minimum atomic E-state index is -0.340. The Morgan fingerprint density at radius 1 is 1.10 bits per heavy atom. The zero-order valence-corrected chi connectivity index (χ0v) is 16.8. The van der Waals surface area contributed by atoms with E-state index in [0.29, 0.717) is 37.7 Å². The third-order valence-electron chi connectivity index (χ3n) is 6.34. The van der Waals surface area contributed by atoms with E-state index in [1.807, 2.05) is 4.90 Å². The van der Waals surface area contributed by atoms with Gasteiger partial charge < -0.3 is 25.4 Å². The maximum atomic E-state index is 14.5. The van der Waals surface area contributed by atoms with E-state index in [9.17, 15) is 14.3 Å². The summed E-state index contributed by atoms with van der Waals surface area (Å²) < 4.78 is 19.8. The van der Waals surface area contributed by atoms with Crippen LogP contribution in [-0.2, 0) is 4.74 Å². The number of aliphatic hydroxyl groups excluding tert-OH is 1.